The highest BCUT2D eigenvalue weighted by Gasteiger charge is 2.33. The molecule has 0 aromatic heterocycles. The van der Waals surface area contributed by atoms with Gasteiger partial charge in [-0.05, 0) is 45.1 Å². The molecule has 0 fully saturated rings. The minimum absolute atomic E-state index is 0.120. The molecule has 0 aliphatic heterocycles. The molecule has 0 saturated heterocycles. The molecule has 34 heavy (non-hydrogen) atoms. The number of nitrogens with one attached hydrogen (secondary N) is 3. The van der Waals surface area contributed by atoms with Crippen molar-refractivity contribution in [3.63, 3.8) is 0 Å². The number of primary amides is 1. The molecule has 4 amide bonds. The first-order chi connectivity index (χ1) is 15.8. The van der Waals surface area contributed by atoms with Crippen molar-refractivity contribution in [2.45, 2.75) is 89.6 Å². The summed E-state index contributed by atoms with van der Waals surface area (Å²) >= 11 is 0. The average molecular weight is 489 g/mol. The van der Waals surface area contributed by atoms with Gasteiger partial charge in [0.1, 0.15) is 18.1 Å². The highest BCUT2D eigenvalue weighted by molar-refractivity contribution is 5.94. The van der Waals surface area contributed by atoms with Crippen LogP contribution < -0.4 is 33.2 Å². The van der Waals surface area contributed by atoms with Gasteiger partial charge in [-0.1, -0.05) is 20.3 Å². The summed E-state index contributed by atoms with van der Waals surface area (Å²) in [6.45, 7) is 5.25. The lowest BCUT2D eigenvalue weighted by Crippen LogP contribution is -2.60. The quantitative estimate of drug-likeness (QED) is 0.102. The maximum atomic E-state index is 12.8. The zero-order valence-corrected chi connectivity index (χ0v) is 20.1. The van der Waals surface area contributed by atoms with Gasteiger partial charge in [-0.25, -0.2) is 4.79 Å². The van der Waals surface area contributed by atoms with E-state index in [1.54, 1.807) is 6.92 Å². The average Bonchev–Trinajstić information content (AvgIpc) is 2.77. The summed E-state index contributed by atoms with van der Waals surface area (Å²) < 4.78 is 0. The predicted octanol–water partition coefficient (Wildman–Crippen LogP) is -2.33. The summed E-state index contributed by atoms with van der Waals surface area (Å²) in [5.41, 5.74) is 16.4. The molecule has 6 unspecified atom stereocenters. The molecule has 0 aliphatic carbocycles. The standard InChI is InChI=1S/C21H40N6O7/c1-4-11(2)16(24)19(31)27-17(12(3)28)20(32)25-13(8-9-15(23)29)18(30)26-14(21(33)34)7-5-6-10-22/h11-14,16-17,28H,4-10,22,24H2,1-3H3,(H2,23,29)(H,25,32)(H,26,30)(H,27,31)(H,33,34). The van der Waals surface area contributed by atoms with Crippen LogP contribution in [0.4, 0.5) is 0 Å². The smallest absolute Gasteiger partial charge is 0.326 e. The lowest BCUT2D eigenvalue weighted by atomic mass is 9.98. The van der Waals surface area contributed by atoms with Crippen LogP contribution in [0.5, 0.6) is 0 Å². The second kappa shape index (κ2) is 16.0. The molecule has 0 saturated carbocycles. The van der Waals surface area contributed by atoms with Gasteiger partial charge in [0.15, 0.2) is 0 Å². The molecule has 13 nitrogen and oxygen atoms in total. The van der Waals surface area contributed by atoms with Gasteiger partial charge in [-0.2, -0.15) is 0 Å². The van der Waals surface area contributed by atoms with Crippen LogP contribution in [0.15, 0.2) is 0 Å². The molecule has 0 aromatic carbocycles. The Bertz CT molecular complexity index is 703. The number of amides is 4. The van der Waals surface area contributed by atoms with E-state index in [2.05, 4.69) is 16.0 Å². The largest absolute Gasteiger partial charge is 0.480 e. The predicted molar refractivity (Wildman–Crippen MR) is 124 cm³/mol. The minimum Gasteiger partial charge on any atom is -0.480 e. The molecule has 0 radical (unpaired) electrons. The van der Waals surface area contributed by atoms with Crippen LogP contribution in [-0.4, -0.2) is 76.6 Å². The number of aliphatic carboxylic acids is 1. The lowest BCUT2D eigenvalue weighted by Gasteiger charge is -2.27. The van der Waals surface area contributed by atoms with E-state index in [0.29, 0.717) is 25.8 Å². The van der Waals surface area contributed by atoms with Crippen molar-refractivity contribution in [3.8, 4) is 0 Å². The molecule has 0 aliphatic rings. The number of aliphatic hydroxyl groups excluding tert-OH is 1. The van der Waals surface area contributed by atoms with Crippen LogP contribution in [0, 0.1) is 5.92 Å². The number of unbranched alkanes of at least 4 members (excludes halogenated alkanes) is 1. The topological polar surface area (TPSA) is 240 Å². The maximum Gasteiger partial charge on any atom is 0.326 e. The minimum atomic E-state index is -1.44. The van der Waals surface area contributed by atoms with Crippen molar-refractivity contribution < 1.29 is 34.2 Å². The second-order valence-electron chi connectivity index (χ2n) is 8.39. The Kier molecular flexibility index (Phi) is 14.7. The number of hydrogen-bond acceptors (Lipinski definition) is 8. The Hall–Kier alpha value is -2.77. The molecule has 0 spiro atoms. The van der Waals surface area contributed by atoms with E-state index in [0.717, 1.165) is 0 Å². The van der Waals surface area contributed by atoms with Gasteiger partial charge in [-0.3, -0.25) is 19.2 Å². The highest BCUT2D eigenvalue weighted by atomic mass is 16.4. The fraction of sp³-hybridized carbons (Fsp3) is 0.762. The zero-order chi connectivity index (χ0) is 26.4. The monoisotopic (exact) mass is 488 g/mol. The van der Waals surface area contributed by atoms with E-state index >= 15 is 0 Å². The molecular formula is C21H40N6O7. The van der Waals surface area contributed by atoms with E-state index in [1.807, 2.05) is 6.92 Å². The van der Waals surface area contributed by atoms with E-state index in [1.165, 1.54) is 6.92 Å². The van der Waals surface area contributed by atoms with Crippen LogP contribution in [0.1, 0.15) is 59.3 Å². The van der Waals surface area contributed by atoms with Gasteiger partial charge in [0.05, 0.1) is 12.1 Å². The molecular weight excluding hydrogens is 448 g/mol. The fourth-order valence-electron chi connectivity index (χ4n) is 3.01. The first kappa shape index (κ1) is 31.2. The summed E-state index contributed by atoms with van der Waals surface area (Å²) in [5.74, 6) is -4.58. The maximum absolute atomic E-state index is 12.8. The summed E-state index contributed by atoms with van der Waals surface area (Å²) in [7, 11) is 0. The molecule has 0 bridgehead atoms. The van der Waals surface area contributed by atoms with Gasteiger partial charge in [0, 0.05) is 6.42 Å². The number of carbonyl (C=O) groups is 5. The molecule has 13 heteroatoms. The summed E-state index contributed by atoms with van der Waals surface area (Å²) in [5, 5.41) is 26.5. The number of nitrogens with two attached hydrogens (primary N) is 3. The Morgan fingerprint density at radius 1 is 0.882 bits per heavy atom. The van der Waals surface area contributed by atoms with Crippen molar-refractivity contribution in [1.29, 1.82) is 0 Å². The van der Waals surface area contributed by atoms with Crippen molar-refractivity contribution in [3.05, 3.63) is 0 Å². The van der Waals surface area contributed by atoms with Gasteiger partial charge in [-0.15, -0.1) is 0 Å². The van der Waals surface area contributed by atoms with Crippen LogP contribution in [0.3, 0.4) is 0 Å². The van der Waals surface area contributed by atoms with Crippen molar-refractivity contribution in [2.24, 2.45) is 23.1 Å². The Morgan fingerprint density at radius 3 is 1.94 bits per heavy atom. The Labute approximate surface area is 199 Å². The van der Waals surface area contributed by atoms with Crippen molar-refractivity contribution in [1.82, 2.24) is 16.0 Å². The third-order valence-electron chi connectivity index (χ3n) is 5.50. The number of hydrogen-bond donors (Lipinski definition) is 8. The first-order valence-electron chi connectivity index (χ1n) is 11.4. The van der Waals surface area contributed by atoms with Crippen LogP contribution in [-0.2, 0) is 24.0 Å². The third-order valence-corrected chi connectivity index (χ3v) is 5.50. The molecule has 0 rings (SSSR count). The fourth-order valence-corrected chi connectivity index (χ4v) is 3.01. The van der Waals surface area contributed by atoms with E-state index in [-0.39, 0.29) is 25.2 Å². The van der Waals surface area contributed by atoms with Gasteiger partial charge in [0.25, 0.3) is 0 Å². The number of rotatable bonds is 17. The summed E-state index contributed by atoms with van der Waals surface area (Å²) in [6, 6.07) is -4.92. The zero-order valence-electron chi connectivity index (χ0n) is 20.1. The lowest BCUT2D eigenvalue weighted by molar-refractivity contribution is -0.142. The number of carboxylic acid groups (broad SMARTS) is 1. The summed E-state index contributed by atoms with van der Waals surface area (Å²) in [4.78, 5) is 60.7. The first-order valence-corrected chi connectivity index (χ1v) is 11.4. The third kappa shape index (κ3) is 11.4. The highest BCUT2D eigenvalue weighted by Crippen LogP contribution is 2.08. The number of carboxylic acids is 1. The van der Waals surface area contributed by atoms with Crippen molar-refractivity contribution in [2.75, 3.05) is 6.54 Å². The van der Waals surface area contributed by atoms with Crippen LogP contribution in [0.2, 0.25) is 0 Å². The SMILES string of the molecule is CCC(C)C(N)C(=O)NC(C(=O)NC(CCC(N)=O)C(=O)NC(CCCCN)C(=O)O)C(C)O. The second-order valence-corrected chi connectivity index (χ2v) is 8.39. The molecule has 0 heterocycles. The van der Waals surface area contributed by atoms with Crippen molar-refractivity contribution >= 4 is 29.6 Å². The van der Waals surface area contributed by atoms with Gasteiger partial charge >= 0.3 is 5.97 Å². The molecule has 6 atom stereocenters. The number of carbonyl (C=O) groups excluding carboxylic acids is 4. The Morgan fingerprint density at radius 2 is 1.47 bits per heavy atom. The van der Waals surface area contributed by atoms with Gasteiger partial charge < -0.3 is 43.4 Å². The Balaban J connectivity index is 5.49. The molecule has 11 N–H and O–H groups in total. The van der Waals surface area contributed by atoms with Crippen LogP contribution in [0.25, 0.3) is 0 Å². The van der Waals surface area contributed by atoms with E-state index < -0.39 is 59.9 Å². The number of aliphatic hydroxyl groups is 1. The normalized spacial score (nSPS) is 16.3. The van der Waals surface area contributed by atoms with E-state index in [4.69, 9.17) is 17.2 Å². The van der Waals surface area contributed by atoms with Gasteiger partial charge in [0.2, 0.25) is 23.6 Å². The summed E-state index contributed by atoms with van der Waals surface area (Å²) in [6.07, 6.45) is -0.0617. The molecule has 196 valence electrons. The van der Waals surface area contributed by atoms with Crippen LogP contribution >= 0.6 is 0 Å². The van der Waals surface area contributed by atoms with E-state index in [9.17, 15) is 34.2 Å². The molecule has 0 aromatic rings.